The zero-order valence-electron chi connectivity index (χ0n) is 15.5. The third-order valence-electron chi connectivity index (χ3n) is 6.80. The van der Waals surface area contributed by atoms with Crippen molar-refractivity contribution in [3.05, 3.63) is 33.4 Å². The number of benzene rings is 1. The molecule has 28 heavy (non-hydrogen) atoms. The molecule has 2 atom stereocenters. The van der Waals surface area contributed by atoms with Crippen molar-refractivity contribution >= 4 is 11.7 Å². The largest absolute Gasteiger partial charge is 0.467 e. The SMILES string of the molecule is O=C(OCc1cc([N+](=O)[O-])cc2c1OCOC2)C12CC3CC(CC(O)(C3)C1)C2. The van der Waals surface area contributed by atoms with Crippen LogP contribution in [0.15, 0.2) is 12.1 Å². The van der Waals surface area contributed by atoms with Crippen LogP contribution < -0.4 is 4.74 Å². The van der Waals surface area contributed by atoms with E-state index in [1.54, 1.807) is 0 Å². The monoisotopic (exact) mass is 389 g/mol. The molecule has 0 spiro atoms. The molecule has 8 heteroatoms. The number of nitrogens with zero attached hydrogens (tertiary/aromatic N) is 1. The maximum atomic E-state index is 13.1. The summed E-state index contributed by atoms with van der Waals surface area (Å²) in [6.45, 7) is 0.197. The van der Waals surface area contributed by atoms with Crippen molar-refractivity contribution in [2.24, 2.45) is 17.3 Å². The van der Waals surface area contributed by atoms with Crippen LogP contribution in [0.1, 0.15) is 49.7 Å². The molecular weight excluding hydrogens is 366 g/mol. The number of carbonyl (C=O) groups is 1. The number of nitro groups is 1. The van der Waals surface area contributed by atoms with Crippen molar-refractivity contribution in [1.29, 1.82) is 0 Å². The van der Waals surface area contributed by atoms with E-state index < -0.39 is 15.9 Å². The minimum absolute atomic E-state index is 0.0616. The summed E-state index contributed by atoms with van der Waals surface area (Å²) in [6.07, 6.45) is 4.65. The number of hydrogen-bond donors (Lipinski definition) is 1. The van der Waals surface area contributed by atoms with E-state index in [1.165, 1.54) is 12.1 Å². The highest BCUT2D eigenvalue weighted by Crippen LogP contribution is 2.62. The number of non-ortho nitro benzene ring substituents is 1. The lowest BCUT2D eigenvalue weighted by Gasteiger charge is -2.58. The lowest BCUT2D eigenvalue weighted by Crippen LogP contribution is -2.58. The van der Waals surface area contributed by atoms with Gasteiger partial charge in [-0.1, -0.05) is 0 Å². The molecule has 0 radical (unpaired) electrons. The topological polar surface area (TPSA) is 108 Å². The molecule has 1 aromatic rings. The molecule has 1 aromatic carbocycles. The van der Waals surface area contributed by atoms with Gasteiger partial charge in [0.1, 0.15) is 12.4 Å². The first-order valence-corrected chi connectivity index (χ1v) is 9.76. The molecule has 4 bridgehead atoms. The van der Waals surface area contributed by atoms with E-state index in [9.17, 15) is 20.0 Å². The van der Waals surface area contributed by atoms with Gasteiger partial charge in [-0.05, 0) is 50.4 Å². The molecule has 0 saturated heterocycles. The third-order valence-corrected chi connectivity index (χ3v) is 6.80. The van der Waals surface area contributed by atoms with Gasteiger partial charge >= 0.3 is 5.97 Å². The summed E-state index contributed by atoms with van der Waals surface area (Å²) in [5, 5.41) is 22.1. The van der Waals surface area contributed by atoms with E-state index in [0.717, 1.165) is 32.1 Å². The first-order valence-electron chi connectivity index (χ1n) is 9.76. The molecule has 8 nitrogen and oxygen atoms in total. The lowest BCUT2D eigenvalue weighted by atomic mass is 9.48. The fourth-order valence-corrected chi connectivity index (χ4v) is 6.24. The molecule has 5 aliphatic rings. The average molecular weight is 389 g/mol. The predicted molar refractivity (Wildman–Crippen MR) is 95.2 cm³/mol. The number of rotatable bonds is 4. The quantitative estimate of drug-likeness (QED) is 0.479. The van der Waals surface area contributed by atoms with Crippen molar-refractivity contribution in [3.63, 3.8) is 0 Å². The molecule has 0 amide bonds. The van der Waals surface area contributed by atoms with Crippen LogP contribution in [-0.4, -0.2) is 28.4 Å². The van der Waals surface area contributed by atoms with Gasteiger partial charge in [0.2, 0.25) is 0 Å². The smallest absolute Gasteiger partial charge is 0.312 e. The van der Waals surface area contributed by atoms with E-state index in [4.69, 9.17) is 14.2 Å². The number of hydrogen-bond acceptors (Lipinski definition) is 7. The van der Waals surface area contributed by atoms with Gasteiger partial charge in [-0.3, -0.25) is 14.9 Å². The van der Waals surface area contributed by atoms with Gasteiger partial charge in [-0.2, -0.15) is 0 Å². The van der Waals surface area contributed by atoms with Gasteiger partial charge in [0, 0.05) is 23.3 Å². The molecule has 1 N–H and O–H groups in total. The Labute approximate surface area is 161 Å². The second-order valence-electron chi connectivity index (χ2n) is 9.00. The minimum Gasteiger partial charge on any atom is -0.467 e. The van der Waals surface area contributed by atoms with Crippen LogP contribution in [0.25, 0.3) is 0 Å². The number of fused-ring (bicyclic) bond motifs is 1. The molecule has 1 heterocycles. The second-order valence-corrected chi connectivity index (χ2v) is 9.00. The maximum Gasteiger partial charge on any atom is 0.312 e. The highest BCUT2D eigenvalue weighted by molar-refractivity contribution is 5.78. The van der Waals surface area contributed by atoms with Gasteiger partial charge in [-0.25, -0.2) is 0 Å². The van der Waals surface area contributed by atoms with Crippen molar-refractivity contribution in [1.82, 2.24) is 0 Å². The van der Waals surface area contributed by atoms with Crippen molar-refractivity contribution in [2.45, 2.75) is 57.3 Å². The van der Waals surface area contributed by atoms with E-state index in [2.05, 4.69) is 0 Å². The second kappa shape index (κ2) is 6.15. The highest BCUT2D eigenvalue weighted by Gasteiger charge is 2.60. The van der Waals surface area contributed by atoms with E-state index in [-0.39, 0.29) is 31.7 Å². The fourth-order valence-electron chi connectivity index (χ4n) is 6.24. The summed E-state index contributed by atoms with van der Waals surface area (Å²) in [5.74, 6) is 0.954. The van der Waals surface area contributed by atoms with Crippen LogP contribution in [0.4, 0.5) is 5.69 Å². The van der Waals surface area contributed by atoms with Crippen LogP contribution in [0.2, 0.25) is 0 Å². The summed E-state index contributed by atoms with van der Waals surface area (Å²) < 4.78 is 16.4. The number of nitro benzene ring substituents is 1. The summed E-state index contributed by atoms with van der Waals surface area (Å²) in [5.41, 5.74) is -0.388. The molecule has 4 aliphatic carbocycles. The Balaban J connectivity index is 1.37. The fraction of sp³-hybridized carbons (Fsp3) is 0.650. The molecule has 4 saturated carbocycles. The predicted octanol–water partition coefficient (Wildman–Crippen LogP) is 2.84. The number of aliphatic hydroxyl groups is 1. The molecule has 2 unspecified atom stereocenters. The number of ether oxygens (including phenoxy) is 3. The van der Waals surface area contributed by atoms with Gasteiger partial charge in [0.05, 0.1) is 22.5 Å². The molecular formula is C20H23NO7. The van der Waals surface area contributed by atoms with E-state index in [1.807, 2.05) is 0 Å². The standard InChI is InChI=1S/C20H23NO7/c22-18(19-4-12-1-13(5-19)7-20(23,6-12)10-19)27-9-15-3-16(21(24)25)2-14-8-26-11-28-17(14)15/h2-3,12-13,23H,1,4-11H2. The summed E-state index contributed by atoms with van der Waals surface area (Å²) >= 11 is 0. The summed E-state index contributed by atoms with van der Waals surface area (Å²) in [6, 6.07) is 2.82. The third kappa shape index (κ3) is 2.86. The van der Waals surface area contributed by atoms with Crippen LogP contribution in [0.5, 0.6) is 5.75 Å². The first-order chi connectivity index (χ1) is 13.4. The average Bonchev–Trinajstić information content (AvgIpc) is 2.63. The Hall–Kier alpha value is -2.19. The van der Waals surface area contributed by atoms with Crippen LogP contribution in [0.3, 0.4) is 0 Å². The maximum absolute atomic E-state index is 13.1. The highest BCUT2D eigenvalue weighted by atomic mass is 16.7. The Kier molecular flexibility index (Phi) is 3.93. The van der Waals surface area contributed by atoms with Crippen LogP contribution in [0, 0.1) is 27.4 Å². The summed E-state index contributed by atoms with van der Waals surface area (Å²) in [7, 11) is 0. The van der Waals surface area contributed by atoms with Gasteiger partial charge in [0.25, 0.3) is 5.69 Å². The molecule has 1 aliphatic heterocycles. The Morgan fingerprint density at radius 3 is 2.71 bits per heavy atom. The van der Waals surface area contributed by atoms with Crippen molar-refractivity contribution in [3.8, 4) is 5.75 Å². The Morgan fingerprint density at radius 2 is 2.04 bits per heavy atom. The zero-order chi connectivity index (χ0) is 19.5. The Morgan fingerprint density at radius 1 is 1.29 bits per heavy atom. The van der Waals surface area contributed by atoms with E-state index in [0.29, 0.717) is 35.1 Å². The minimum atomic E-state index is -0.742. The van der Waals surface area contributed by atoms with Gasteiger partial charge in [0.15, 0.2) is 6.79 Å². The van der Waals surface area contributed by atoms with Crippen LogP contribution in [-0.2, 0) is 27.5 Å². The lowest BCUT2D eigenvalue weighted by molar-refractivity contribution is -0.385. The van der Waals surface area contributed by atoms with Gasteiger partial charge < -0.3 is 19.3 Å². The van der Waals surface area contributed by atoms with Crippen LogP contribution >= 0.6 is 0 Å². The molecule has 150 valence electrons. The Bertz CT molecular complexity index is 837. The molecule has 0 aromatic heterocycles. The molecule has 6 rings (SSSR count). The van der Waals surface area contributed by atoms with Gasteiger partial charge in [-0.15, -0.1) is 0 Å². The van der Waals surface area contributed by atoms with Crippen molar-refractivity contribution < 1.29 is 29.0 Å². The van der Waals surface area contributed by atoms with E-state index >= 15 is 0 Å². The molecule has 4 fully saturated rings. The number of carbonyl (C=O) groups excluding carboxylic acids is 1. The number of esters is 1. The zero-order valence-corrected chi connectivity index (χ0v) is 15.5. The van der Waals surface area contributed by atoms with Crippen molar-refractivity contribution in [2.75, 3.05) is 6.79 Å². The normalized spacial score (nSPS) is 35.2. The first kappa shape index (κ1) is 17.9. The summed E-state index contributed by atoms with van der Waals surface area (Å²) in [4.78, 5) is 23.8.